The van der Waals surface area contributed by atoms with Gasteiger partial charge in [0.05, 0.1) is 17.9 Å². The van der Waals surface area contributed by atoms with Gasteiger partial charge in [-0.3, -0.25) is 4.98 Å². The Balaban J connectivity index is 2.25. The first kappa shape index (κ1) is 9.86. The van der Waals surface area contributed by atoms with Crippen LogP contribution in [0, 0.1) is 0 Å². The molecule has 0 amide bonds. The number of nitrogens with two attached hydrogens (primary N) is 1. The molecule has 15 heavy (non-hydrogen) atoms. The lowest BCUT2D eigenvalue weighted by Crippen LogP contribution is -2.16. The molecule has 0 aliphatic rings. The maximum atomic E-state index is 5.60. The average Bonchev–Trinajstić information content (AvgIpc) is 2.67. The quantitative estimate of drug-likeness (QED) is 0.794. The molecule has 2 rings (SSSR count). The largest absolute Gasteiger partial charge is 0.388 e. The minimum Gasteiger partial charge on any atom is -0.388 e. The molecule has 2 aromatic heterocycles. The summed E-state index contributed by atoms with van der Waals surface area (Å²) in [5, 5.41) is 0. The van der Waals surface area contributed by atoms with Crippen molar-refractivity contribution >= 4 is 17.2 Å². The second-order valence-corrected chi connectivity index (χ2v) is 3.65. The molecule has 0 unspecified atom stereocenters. The molecular formula is C11H11N3S. The normalized spacial score (nSPS) is 10.1. The number of nitrogens with zero attached hydrogens (tertiary/aromatic N) is 2. The molecule has 2 heterocycles. The third-order valence-electron chi connectivity index (χ3n) is 2.14. The van der Waals surface area contributed by atoms with Crippen LogP contribution in [0.15, 0.2) is 42.7 Å². The van der Waals surface area contributed by atoms with Crippen molar-refractivity contribution in [1.29, 1.82) is 0 Å². The summed E-state index contributed by atoms with van der Waals surface area (Å²) in [6, 6.07) is 9.67. The Labute approximate surface area is 93.6 Å². The van der Waals surface area contributed by atoms with E-state index in [2.05, 4.69) is 4.98 Å². The fraction of sp³-hybridized carbons (Fsp3) is 0.0909. The summed E-state index contributed by atoms with van der Waals surface area (Å²) in [4.78, 5) is 4.66. The number of rotatable bonds is 3. The first-order chi connectivity index (χ1) is 7.27. The van der Waals surface area contributed by atoms with Gasteiger partial charge < -0.3 is 10.3 Å². The zero-order valence-electron chi connectivity index (χ0n) is 8.13. The molecule has 0 saturated heterocycles. The summed E-state index contributed by atoms with van der Waals surface area (Å²) < 4.78 is 1.99. The van der Waals surface area contributed by atoms with E-state index in [4.69, 9.17) is 18.0 Å². The predicted molar refractivity (Wildman–Crippen MR) is 63.7 cm³/mol. The highest BCUT2D eigenvalue weighted by Gasteiger charge is 2.03. The van der Waals surface area contributed by atoms with Crippen LogP contribution in [-0.4, -0.2) is 14.5 Å². The third-order valence-corrected chi connectivity index (χ3v) is 2.35. The number of pyridine rings is 1. The van der Waals surface area contributed by atoms with Crippen molar-refractivity contribution in [2.75, 3.05) is 0 Å². The molecule has 0 fully saturated rings. The number of hydrogen-bond acceptors (Lipinski definition) is 2. The van der Waals surface area contributed by atoms with Gasteiger partial charge in [0.25, 0.3) is 0 Å². The predicted octanol–water partition coefficient (Wildman–Crippen LogP) is 1.57. The van der Waals surface area contributed by atoms with Gasteiger partial charge in [0.15, 0.2) is 0 Å². The van der Waals surface area contributed by atoms with Crippen molar-refractivity contribution in [1.82, 2.24) is 9.55 Å². The maximum Gasteiger partial charge on any atom is 0.120 e. The van der Waals surface area contributed by atoms with Crippen LogP contribution in [0.1, 0.15) is 11.4 Å². The molecule has 3 nitrogen and oxygen atoms in total. The van der Waals surface area contributed by atoms with E-state index in [9.17, 15) is 0 Å². The summed E-state index contributed by atoms with van der Waals surface area (Å²) in [5.74, 6) is 0. The van der Waals surface area contributed by atoms with Crippen molar-refractivity contribution in [3.05, 3.63) is 54.1 Å². The third kappa shape index (κ3) is 2.22. The molecule has 76 valence electrons. The maximum absolute atomic E-state index is 5.60. The zero-order valence-corrected chi connectivity index (χ0v) is 8.95. The molecule has 2 N–H and O–H groups in total. The lowest BCUT2D eigenvalue weighted by Gasteiger charge is -2.06. The number of aromatic nitrogens is 2. The van der Waals surface area contributed by atoms with Crippen LogP contribution >= 0.6 is 12.2 Å². The van der Waals surface area contributed by atoms with Gasteiger partial charge >= 0.3 is 0 Å². The van der Waals surface area contributed by atoms with Crippen molar-refractivity contribution in [2.24, 2.45) is 5.73 Å². The van der Waals surface area contributed by atoms with Gasteiger partial charge in [0.2, 0.25) is 0 Å². The molecule has 0 aliphatic heterocycles. The van der Waals surface area contributed by atoms with Gasteiger partial charge in [-0.15, -0.1) is 0 Å². The van der Waals surface area contributed by atoms with Gasteiger partial charge in [0.1, 0.15) is 4.99 Å². The van der Waals surface area contributed by atoms with Gasteiger partial charge in [0, 0.05) is 12.4 Å². The molecular weight excluding hydrogens is 206 g/mol. The first-order valence-electron chi connectivity index (χ1n) is 4.62. The highest BCUT2D eigenvalue weighted by atomic mass is 32.1. The molecule has 0 saturated carbocycles. The van der Waals surface area contributed by atoms with E-state index in [1.807, 2.05) is 41.1 Å². The van der Waals surface area contributed by atoms with E-state index >= 15 is 0 Å². The van der Waals surface area contributed by atoms with Crippen LogP contribution in [-0.2, 0) is 6.54 Å². The SMILES string of the molecule is NC(=S)c1cccn1Cc1ccccn1. The van der Waals surface area contributed by atoms with Crippen LogP contribution in [0.5, 0.6) is 0 Å². The summed E-state index contributed by atoms with van der Waals surface area (Å²) in [6.07, 6.45) is 3.72. The standard InChI is InChI=1S/C11H11N3S/c12-11(15)10-5-3-7-14(10)8-9-4-1-2-6-13-9/h1-7H,8H2,(H2,12,15). The van der Waals surface area contributed by atoms with Crippen molar-refractivity contribution in [2.45, 2.75) is 6.54 Å². The zero-order chi connectivity index (χ0) is 10.7. The average molecular weight is 217 g/mol. The molecule has 0 bridgehead atoms. The fourth-order valence-corrected chi connectivity index (χ4v) is 1.63. The van der Waals surface area contributed by atoms with Crippen molar-refractivity contribution in [3.63, 3.8) is 0 Å². The highest BCUT2D eigenvalue weighted by molar-refractivity contribution is 7.80. The van der Waals surface area contributed by atoms with Crippen molar-refractivity contribution < 1.29 is 0 Å². The second-order valence-electron chi connectivity index (χ2n) is 3.21. The molecule has 0 aliphatic carbocycles. The Morgan fingerprint density at radius 2 is 2.20 bits per heavy atom. The molecule has 0 atom stereocenters. The Hall–Kier alpha value is -1.68. The van der Waals surface area contributed by atoms with Gasteiger partial charge in [-0.1, -0.05) is 18.3 Å². The number of thiocarbonyl (C=S) groups is 1. The van der Waals surface area contributed by atoms with Crippen LogP contribution in [0.3, 0.4) is 0 Å². The monoisotopic (exact) mass is 217 g/mol. The summed E-state index contributed by atoms with van der Waals surface area (Å²) in [5.41, 5.74) is 7.47. The minimum atomic E-state index is 0.413. The molecule has 0 spiro atoms. The lowest BCUT2D eigenvalue weighted by atomic mass is 10.3. The summed E-state index contributed by atoms with van der Waals surface area (Å²) in [6.45, 7) is 0.695. The summed E-state index contributed by atoms with van der Waals surface area (Å²) in [7, 11) is 0. The Bertz CT molecular complexity index is 462. The summed E-state index contributed by atoms with van der Waals surface area (Å²) >= 11 is 4.96. The topological polar surface area (TPSA) is 43.8 Å². The first-order valence-corrected chi connectivity index (χ1v) is 5.03. The number of hydrogen-bond donors (Lipinski definition) is 1. The molecule has 0 aromatic carbocycles. The van der Waals surface area contributed by atoms with Crippen molar-refractivity contribution in [3.8, 4) is 0 Å². The Kier molecular flexibility index (Phi) is 2.78. The van der Waals surface area contributed by atoms with E-state index in [0.29, 0.717) is 11.5 Å². The van der Waals surface area contributed by atoms with Gasteiger partial charge in [-0.25, -0.2) is 0 Å². The smallest absolute Gasteiger partial charge is 0.120 e. The molecule has 0 radical (unpaired) electrons. The van der Waals surface area contributed by atoms with Crippen LogP contribution in [0.2, 0.25) is 0 Å². The van der Waals surface area contributed by atoms with Crippen LogP contribution in [0.4, 0.5) is 0 Å². The van der Waals surface area contributed by atoms with Gasteiger partial charge in [-0.2, -0.15) is 0 Å². The van der Waals surface area contributed by atoms with E-state index < -0.39 is 0 Å². The Morgan fingerprint density at radius 1 is 1.33 bits per heavy atom. The van der Waals surface area contributed by atoms with E-state index in [0.717, 1.165) is 11.4 Å². The Morgan fingerprint density at radius 3 is 2.87 bits per heavy atom. The molecule has 2 aromatic rings. The molecule has 4 heteroatoms. The van der Waals surface area contributed by atoms with Gasteiger partial charge in [-0.05, 0) is 24.3 Å². The van der Waals surface area contributed by atoms with Crippen LogP contribution < -0.4 is 5.73 Å². The van der Waals surface area contributed by atoms with Crippen LogP contribution in [0.25, 0.3) is 0 Å². The van der Waals surface area contributed by atoms with E-state index in [1.54, 1.807) is 6.20 Å². The fourth-order valence-electron chi connectivity index (χ4n) is 1.44. The highest BCUT2D eigenvalue weighted by Crippen LogP contribution is 2.05. The van der Waals surface area contributed by atoms with E-state index in [-0.39, 0.29) is 0 Å². The minimum absolute atomic E-state index is 0.413. The second kappa shape index (κ2) is 4.23. The van der Waals surface area contributed by atoms with E-state index in [1.165, 1.54) is 0 Å². The lowest BCUT2D eigenvalue weighted by molar-refractivity contribution is 0.774.